The summed E-state index contributed by atoms with van der Waals surface area (Å²) in [6.45, 7) is 12.9. The number of hydrogen-bond acceptors (Lipinski definition) is 7. The third-order valence-corrected chi connectivity index (χ3v) is 7.49. The fraction of sp³-hybridized carbons (Fsp3) is 0.667. The molecule has 0 bridgehead atoms. The maximum absolute atomic E-state index is 15.2. The number of carbonyl (C=O) groups is 1. The van der Waals surface area contributed by atoms with Gasteiger partial charge in [0.2, 0.25) is 0 Å². The summed E-state index contributed by atoms with van der Waals surface area (Å²) in [5.41, 5.74) is 0.408. The van der Waals surface area contributed by atoms with E-state index < -0.39 is 11.4 Å². The molecule has 1 fully saturated rings. The van der Waals surface area contributed by atoms with Crippen LogP contribution in [0.1, 0.15) is 72.4 Å². The Hall–Kier alpha value is -1.87. The summed E-state index contributed by atoms with van der Waals surface area (Å²) in [6, 6.07) is -0.0204. The van der Waals surface area contributed by atoms with Crippen LogP contribution >= 0.6 is 23.4 Å². The summed E-state index contributed by atoms with van der Waals surface area (Å²) in [5, 5.41) is 1.01. The Morgan fingerprint density at radius 1 is 1.21 bits per heavy atom. The number of halogens is 2. The van der Waals surface area contributed by atoms with Gasteiger partial charge in [-0.2, -0.15) is 0 Å². The van der Waals surface area contributed by atoms with Crippen LogP contribution in [0.25, 0.3) is 10.9 Å². The lowest BCUT2D eigenvalue weighted by molar-refractivity contribution is 0.00771. The number of nitrogens with zero attached hydrogens (tertiary/aromatic N) is 5. The lowest BCUT2D eigenvalue weighted by Crippen LogP contribution is -2.62. The molecule has 34 heavy (non-hydrogen) atoms. The van der Waals surface area contributed by atoms with Gasteiger partial charge in [0.15, 0.2) is 16.1 Å². The van der Waals surface area contributed by atoms with E-state index in [1.165, 1.54) is 11.8 Å². The largest absolute Gasteiger partial charge is 0.444 e. The van der Waals surface area contributed by atoms with E-state index in [2.05, 4.69) is 28.7 Å². The number of pyridine rings is 1. The predicted molar refractivity (Wildman–Crippen MR) is 135 cm³/mol. The number of rotatable bonds is 3. The van der Waals surface area contributed by atoms with Crippen molar-refractivity contribution in [1.29, 1.82) is 0 Å². The molecular formula is C24H33ClFN5O2S. The molecule has 3 atom stereocenters. The van der Waals surface area contributed by atoms with E-state index in [1.807, 2.05) is 32.6 Å². The first-order valence-electron chi connectivity index (χ1n) is 12.0. The van der Waals surface area contributed by atoms with Gasteiger partial charge >= 0.3 is 6.09 Å². The molecule has 0 saturated carbocycles. The molecule has 0 aromatic carbocycles. The second kappa shape index (κ2) is 9.64. The number of amides is 1. The normalized spacial score (nSPS) is 22.9. The average Bonchev–Trinajstić information content (AvgIpc) is 2.77. The first kappa shape index (κ1) is 25.2. The predicted octanol–water partition coefficient (Wildman–Crippen LogP) is 6.03. The van der Waals surface area contributed by atoms with Crippen molar-refractivity contribution in [3.63, 3.8) is 0 Å². The zero-order chi connectivity index (χ0) is 24.8. The Bertz CT molecular complexity index is 1100. The topological polar surface area (TPSA) is 71.5 Å². The van der Waals surface area contributed by atoms with E-state index in [0.29, 0.717) is 29.5 Å². The van der Waals surface area contributed by atoms with Crippen molar-refractivity contribution < 1.29 is 13.9 Å². The Balaban J connectivity index is 1.86. The molecule has 0 spiro atoms. The van der Waals surface area contributed by atoms with Crippen molar-refractivity contribution in [2.45, 2.75) is 89.6 Å². The first-order valence-corrected chi connectivity index (χ1v) is 13.4. The molecule has 0 unspecified atom stereocenters. The lowest BCUT2D eigenvalue weighted by atomic mass is 9.87. The number of thioether (sulfide) groups is 1. The Morgan fingerprint density at radius 3 is 2.59 bits per heavy atom. The zero-order valence-electron chi connectivity index (χ0n) is 20.7. The molecule has 4 heterocycles. The Kier molecular flexibility index (Phi) is 7.16. The fourth-order valence-corrected chi connectivity index (χ4v) is 5.81. The summed E-state index contributed by atoms with van der Waals surface area (Å²) >= 11 is 7.67. The molecule has 0 N–H and O–H groups in total. The quantitative estimate of drug-likeness (QED) is 0.284. The van der Waals surface area contributed by atoms with Gasteiger partial charge in [-0.05, 0) is 51.7 Å². The number of carbonyl (C=O) groups excluding carboxylic acids is 1. The minimum Gasteiger partial charge on any atom is -0.444 e. The molecule has 2 aliphatic heterocycles. The van der Waals surface area contributed by atoms with Crippen molar-refractivity contribution >= 4 is 46.2 Å². The van der Waals surface area contributed by atoms with Crippen LogP contribution in [0.3, 0.4) is 0 Å². The highest BCUT2D eigenvalue weighted by atomic mass is 35.5. The van der Waals surface area contributed by atoms with E-state index >= 15 is 4.39 Å². The van der Waals surface area contributed by atoms with E-state index in [-0.39, 0.29) is 34.8 Å². The van der Waals surface area contributed by atoms with Gasteiger partial charge in [0, 0.05) is 13.1 Å². The van der Waals surface area contributed by atoms with Crippen LogP contribution in [-0.2, 0) is 4.74 Å². The zero-order valence-corrected chi connectivity index (χ0v) is 22.3. The second-order valence-electron chi connectivity index (χ2n) is 9.98. The van der Waals surface area contributed by atoms with Gasteiger partial charge in [-0.3, -0.25) is 0 Å². The monoisotopic (exact) mass is 509 g/mol. The molecule has 2 aromatic rings. The fourth-order valence-electron chi connectivity index (χ4n) is 5.06. The molecule has 1 amide bonds. The number of ether oxygens (including phenoxy) is 1. The molecule has 4 rings (SSSR count). The summed E-state index contributed by atoms with van der Waals surface area (Å²) < 4.78 is 20.9. The smallest absolute Gasteiger partial charge is 0.410 e. The van der Waals surface area contributed by atoms with Crippen molar-refractivity contribution in [3.05, 3.63) is 16.7 Å². The van der Waals surface area contributed by atoms with Crippen molar-refractivity contribution in [3.8, 4) is 0 Å². The van der Waals surface area contributed by atoms with Crippen molar-refractivity contribution in [2.24, 2.45) is 0 Å². The number of aromatic nitrogens is 3. The van der Waals surface area contributed by atoms with Gasteiger partial charge in [0.1, 0.15) is 16.9 Å². The second-order valence-corrected chi connectivity index (χ2v) is 11.6. The maximum Gasteiger partial charge on any atom is 0.410 e. The van der Waals surface area contributed by atoms with Gasteiger partial charge in [0.25, 0.3) is 0 Å². The van der Waals surface area contributed by atoms with Crippen LogP contribution in [0.2, 0.25) is 5.15 Å². The Labute approximate surface area is 209 Å². The lowest BCUT2D eigenvalue weighted by Gasteiger charge is -2.49. The number of piperazine rings is 1. The first-order chi connectivity index (χ1) is 16.1. The molecule has 2 aromatic heterocycles. The van der Waals surface area contributed by atoms with Crippen molar-refractivity contribution in [1.82, 2.24) is 19.9 Å². The summed E-state index contributed by atoms with van der Waals surface area (Å²) in [6.07, 6.45) is 2.16. The highest BCUT2D eigenvalue weighted by molar-refractivity contribution is 7.99. The number of anilines is 1. The van der Waals surface area contributed by atoms with Crippen molar-refractivity contribution in [2.75, 3.05) is 23.7 Å². The highest BCUT2D eigenvalue weighted by Crippen LogP contribution is 2.42. The third-order valence-electron chi connectivity index (χ3n) is 6.51. The third kappa shape index (κ3) is 4.65. The average molecular weight is 510 g/mol. The van der Waals surface area contributed by atoms with E-state index in [9.17, 15) is 4.79 Å². The SMILES string of the molecule is CCSc1nc2c3c(nc(Cl)c(F)c3n1)[C@H](C)CC[C@H]1[C@H](CC)N(C(=O)OC(C)(C)C)CCN21. The molecule has 10 heteroatoms. The maximum atomic E-state index is 15.2. The number of hydrogen-bond donors (Lipinski definition) is 0. The minimum atomic E-state index is -0.606. The molecule has 1 saturated heterocycles. The van der Waals surface area contributed by atoms with Crippen LogP contribution in [0.5, 0.6) is 0 Å². The van der Waals surface area contributed by atoms with Crippen LogP contribution in [-0.4, -0.2) is 62.5 Å². The van der Waals surface area contributed by atoms with E-state index in [0.717, 1.165) is 30.7 Å². The molecule has 186 valence electrons. The molecular weight excluding hydrogens is 477 g/mol. The van der Waals surface area contributed by atoms with Crippen LogP contribution < -0.4 is 4.90 Å². The van der Waals surface area contributed by atoms with Gasteiger partial charge in [-0.15, -0.1) is 0 Å². The van der Waals surface area contributed by atoms with Crippen LogP contribution in [0.15, 0.2) is 5.16 Å². The molecule has 0 radical (unpaired) electrons. The van der Waals surface area contributed by atoms with Gasteiger partial charge in [-0.1, -0.05) is 44.1 Å². The van der Waals surface area contributed by atoms with Crippen LogP contribution in [0, 0.1) is 5.82 Å². The van der Waals surface area contributed by atoms with Gasteiger partial charge < -0.3 is 14.5 Å². The highest BCUT2D eigenvalue weighted by Gasteiger charge is 2.42. The molecule has 7 nitrogen and oxygen atoms in total. The number of fused-ring (bicyclic) bond motifs is 2. The van der Waals surface area contributed by atoms with E-state index in [1.54, 1.807) is 0 Å². The standard InChI is InChI=1S/C24H33ClFN5O2S/c1-7-14-15-10-9-13(3)18-16-19(17(26)20(25)27-18)28-22(34-8-2)29-21(16)30(15)11-12-31(14)23(32)33-24(4,5)6/h13-15H,7-12H2,1-6H3/t13-,14+,15+/m1/s1. The summed E-state index contributed by atoms with van der Waals surface area (Å²) in [5.74, 6) is 0.898. The van der Waals surface area contributed by atoms with Gasteiger partial charge in [0.05, 0.1) is 23.2 Å². The summed E-state index contributed by atoms with van der Waals surface area (Å²) in [7, 11) is 0. The van der Waals surface area contributed by atoms with Gasteiger partial charge in [-0.25, -0.2) is 24.1 Å². The Morgan fingerprint density at radius 2 is 1.94 bits per heavy atom. The minimum absolute atomic E-state index is 0.0261. The van der Waals surface area contributed by atoms with Crippen LogP contribution in [0.4, 0.5) is 15.0 Å². The van der Waals surface area contributed by atoms with E-state index in [4.69, 9.17) is 21.3 Å². The summed E-state index contributed by atoms with van der Waals surface area (Å²) in [4.78, 5) is 31.1. The molecule has 2 aliphatic rings. The molecule has 0 aliphatic carbocycles.